The Labute approximate surface area is 198 Å². The summed E-state index contributed by atoms with van der Waals surface area (Å²) in [6.07, 6.45) is 2.05. The second-order valence-corrected chi connectivity index (χ2v) is 9.24. The monoisotopic (exact) mass is 464 g/mol. The van der Waals surface area contributed by atoms with Gasteiger partial charge < -0.3 is 15.2 Å². The lowest BCUT2D eigenvalue weighted by Crippen LogP contribution is -2.48. The average molecular weight is 465 g/mol. The Balaban J connectivity index is 1.67. The SMILES string of the molecule is CC(C)CN(C(=O)CN1CCn2cccc2C1C)c1c(N)n(Cc2ccccc2)c(=O)[nH]c1=O. The van der Waals surface area contributed by atoms with E-state index in [9.17, 15) is 14.4 Å². The third kappa shape index (κ3) is 4.70. The first kappa shape index (κ1) is 23.6. The van der Waals surface area contributed by atoms with E-state index in [4.69, 9.17) is 5.73 Å². The number of aromatic nitrogens is 3. The number of nitrogens with one attached hydrogen (secondary N) is 1. The third-order valence-electron chi connectivity index (χ3n) is 6.32. The molecule has 1 aliphatic rings. The van der Waals surface area contributed by atoms with Gasteiger partial charge in [-0.25, -0.2) is 4.79 Å². The van der Waals surface area contributed by atoms with Crippen LogP contribution in [0.1, 0.15) is 38.1 Å². The van der Waals surface area contributed by atoms with Gasteiger partial charge in [0.1, 0.15) is 5.82 Å². The number of nitrogens with zero attached hydrogens (tertiary/aromatic N) is 4. The van der Waals surface area contributed by atoms with Gasteiger partial charge in [0.25, 0.3) is 5.56 Å². The van der Waals surface area contributed by atoms with Gasteiger partial charge in [-0.05, 0) is 30.5 Å². The first-order valence-electron chi connectivity index (χ1n) is 11.6. The van der Waals surface area contributed by atoms with Crippen molar-refractivity contribution in [2.75, 3.05) is 30.3 Å². The molecule has 1 aliphatic heterocycles. The van der Waals surface area contributed by atoms with E-state index >= 15 is 0 Å². The molecule has 0 saturated heterocycles. The Morgan fingerprint density at radius 1 is 1.15 bits per heavy atom. The maximum Gasteiger partial charge on any atom is 0.330 e. The van der Waals surface area contributed by atoms with Gasteiger partial charge >= 0.3 is 5.69 Å². The Morgan fingerprint density at radius 3 is 2.59 bits per heavy atom. The maximum atomic E-state index is 13.6. The van der Waals surface area contributed by atoms with Crippen LogP contribution in [0.5, 0.6) is 0 Å². The number of hydrogen-bond acceptors (Lipinski definition) is 5. The Kier molecular flexibility index (Phi) is 6.74. The van der Waals surface area contributed by atoms with Crippen LogP contribution in [-0.2, 0) is 17.9 Å². The van der Waals surface area contributed by atoms with Crippen LogP contribution in [0.25, 0.3) is 0 Å². The number of rotatable bonds is 7. The van der Waals surface area contributed by atoms with Crippen molar-refractivity contribution in [2.45, 2.75) is 39.9 Å². The van der Waals surface area contributed by atoms with Gasteiger partial charge in [0.15, 0.2) is 5.69 Å². The molecule has 0 bridgehead atoms. The van der Waals surface area contributed by atoms with Crippen molar-refractivity contribution in [3.63, 3.8) is 0 Å². The Bertz CT molecular complexity index is 1270. The summed E-state index contributed by atoms with van der Waals surface area (Å²) < 4.78 is 3.50. The molecule has 34 heavy (non-hydrogen) atoms. The molecule has 3 heterocycles. The summed E-state index contributed by atoms with van der Waals surface area (Å²) in [7, 11) is 0. The molecule has 9 nitrogen and oxygen atoms in total. The van der Waals surface area contributed by atoms with Crippen LogP contribution >= 0.6 is 0 Å². The van der Waals surface area contributed by atoms with Crippen molar-refractivity contribution in [1.82, 2.24) is 19.0 Å². The van der Waals surface area contributed by atoms with E-state index in [1.165, 1.54) is 9.47 Å². The van der Waals surface area contributed by atoms with E-state index in [0.717, 1.165) is 24.3 Å². The normalized spacial score (nSPS) is 15.9. The highest BCUT2D eigenvalue weighted by Crippen LogP contribution is 2.26. The predicted molar refractivity (Wildman–Crippen MR) is 133 cm³/mol. The minimum Gasteiger partial charge on any atom is -0.383 e. The molecular weight excluding hydrogens is 432 g/mol. The quantitative estimate of drug-likeness (QED) is 0.556. The van der Waals surface area contributed by atoms with E-state index in [1.807, 2.05) is 56.4 Å². The maximum absolute atomic E-state index is 13.6. The molecule has 0 aliphatic carbocycles. The highest BCUT2D eigenvalue weighted by molar-refractivity contribution is 5.97. The van der Waals surface area contributed by atoms with Crippen LogP contribution < -0.4 is 21.9 Å². The third-order valence-corrected chi connectivity index (χ3v) is 6.32. The fraction of sp³-hybridized carbons (Fsp3) is 0.400. The van der Waals surface area contributed by atoms with Crippen molar-refractivity contribution in [3.8, 4) is 0 Å². The lowest BCUT2D eigenvalue weighted by molar-refractivity contribution is -0.120. The number of carbonyl (C=O) groups is 1. The highest BCUT2D eigenvalue weighted by atomic mass is 16.2. The number of benzene rings is 1. The van der Waals surface area contributed by atoms with E-state index in [-0.39, 0.29) is 42.5 Å². The van der Waals surface area contributed by atoms with Crippen molar-refractivity contribution in [3.05, 3.63) is 80.8 Å². The summed E-state index contributed by atoms with van der Waals surface area (Å²) in [4.78, 5) is 45.0. The van der Waals surface area contributed by atoms with Gasteiger partial charge in [-0.2, -0.15) is 0 Å². The van der Waals surface area contributed by atoms with Crippen LogP contribution in [0.4, 0.5) is 11.5 Å². The molecule has 1 unspecified atom stereocenters. The molecule has 9 heteroatoms. The van der Waals surface area contributed by atoms with Gasteiger partial charge in [-0.15, -0.1) is 0 Å². The number of carbonyl (C=O) groups excluding carboxylic acids is 1. The highest BCUT2D eigenvalue weighted by Gasteiger charge is 2.30. The summed E-state index contributed by atoms with van der Waals surface area (Å²) in [5.41, 5.74) is 7.19. The molecule has 180 valence electrons. The summed E-state index contributed by atoms with van der Waals surface area (Å²) in [6, 6.07) is 13.5. The van der Waals surface area contributed by atoms with Crippen molar-refractivity contribution in [2.24, 2.45) is 5.92 Å². The van der Waals surface area contributed by atoms with Crippen LogP contribution in [0.3, 0.4) is 0 Å². The topological polar surface area (TPSA) is 109 Å². The molecular formula is C25H32N6O3. The summed E-state index contributed by atoms with van der Waals surface area (Å²) >= 11 is 0. The number of fused-ring (bicyclic) bond motifs is 1. The largest absolute Gasteiger partial charge is 0.383 e. The average Bonchev–Trinajstić information content (AvgIpc) is 3.28. The molecule has 3 N–H and O–H groups in total. The standard InChI is InChI=1S/C25H32N6O3/c1-17(2)14-30(21(32)16-29-13-12-28-11-7-10-20(28)18(29)3)22-23(26)31(25(34)27-24(22)33)15-19-8-5-4-6-9-19/h4-11,17-18H,12-16,26H2,1-3H3,(H,27,33,34). The number of H-pyrrole nitrogens is 1. The number of hydrogen-bond donors (Lipinski definition) is 2. The van der Waals surface area contributed by atoms with Crippen molar-refractivity contribution < 1.29 is 4.79 Å². The second kappa shape index (κ2) is 9.72. The van der Waals surface area contributed by atoms with Crippen LogP contribution in [0.15, 0.2) is 58.3 Å². The van der Waals surface area contributed by atoms with E-state index in [0.29, 0.717) is 6.54 Å². The van der Waals surface area contributed by atoms with Crippen LogP contribution in [-0.4, -0.2) is 44.6 Å². The van der Waals surface area contributed by atoms with Gasteiger partial charge in [0.05, 0.1) is 13.1 Å². The molecule has 3 aromatic rings. The molecule has 0 radical (unpaired) electrons. The molecule has 1 amide bonds. The van der Waals surface area contributed by atoms with Gasteiger partial charge in [0, 0.05) is 37.6 Å². The predicted octanol–water partition coefficient (Wildman–Crippen LogP) is 2.03. The molecule has 1 atom stereocenters. The zero-order valence-corrected chi connectivity index (χ0v) is 19.9. The number of nitrogen functional groups attached to an aromatic ring is 1. The molecule has 0 saturated carbocycles. The fourth-order valence-electron chi connectivity index (χ4n) is 4.55. The smallest absolute Gasteiger partial charge is 0.330 e. The van der Waals surface area contributed by atoms with E-state index in [2.05, 4.69) is 27.4 Å². The lowest BCUT2D eigenvalue weighted by atomic mass is 10.1. The molecule has 4 rings (SSSR count). The number of aromatic amines is 1. The zero-order chi connectivity index (χ0) is 24.4. The Hall–Kier alpha value is -3.59. The van der Waals surface area contributed by atoms with E-state index < -0.39 is 11.2 Å². The number of amides is 1. The minimum absolute atomic E-state index is 0.00725. The van der Waals surface area contributed by atoms with Crippen LogP contribution in [0.2, 0.25) is 0 Å². The number of nitrogens with two attached hydrogens (primary N) is 1. The molecule has 0 fully saturated rings. The van der Waals surface area contributed by atoms with Crippen molar-refractivity contribution >= 4 is 17.4 Å². The van der Waals surface area contributed by atoms with Gasteiger partial charge in [0.2, 0.25) is 5.91 Å². The van der Waals surface area contributed by atoms with Crippen LogP contribution in [0, 0.1) is 5.92 Å². The Morgan fingerprint density at radius 2 is 1.88 bits per heavy atom. The summed E-state index contributed by atoms with van der Waals surface area (Å²) in [6.45, 7) is 8.20. The fourth-order valence-corrected chi connectivity index (χ4v) is 4.55. The second-order valence-electron chi connectivity index (χ2n) is 9.24. The van der Waals surface area contributed by atoms with E-state index in [1.54, 1.807) is 0 Å². The molecule has 1 aromatic carbocycles. The van der Waals surface area contributed by atoms with Crippen molar-refractivity contribution in [1.29, 1.82) is 0 Å². The van der Waals surface area contributed by atoms with Gasteiger partial charge in [-0.1, -0.05) is 44.2 Å². The first-order valence-corrected chi connectivity index (χ1v) is 11.6. The first-order chi connectivity index (χ1) is 16.3. The minimum atomic E-state index is -0.651. The summed E-state index contributed by atoms with van der Waals surface area (Å²) in [5, 5.41) is 0. The number of anilines is 2. The summed E-state index contributed by atoms with van der Waals surface area (Å²) in [5.74, 6) is -0.136. The van der Waals surface area contributed by atoms with Gasteiger partial charge in [-0.3, -0.25) is 24.0 Å². The molecule has 2 aromatic heterocycles. The lowest BCUT2D eigenvalue weighted by Gasteiger charge is -2.36. The zero-order valence-electron chi connectivity index (χ0n) is 19.9. The molecule has 0 spiro atoms.